The normalized spacial score (nSPS) is 13.4. The number of rotatable bonds is 3. The van der Waals surface area contributed by atoms with Crippen LogP contribution in [0.4, 0.5) is 11.6 Å². The summed E-state index contributed by atoms with van der Waals surface area (Å²) in [6.07, 6.45) is 2.37. The van der Waals surface area contributed by atoms with Crippen LogP contribution in [0.1, 0.15) is 27.4 Å². The molecule has 0 unspecified atom stereocenters. The maximum absolute atomic E-state index is 12.4. The maximum atomic E-state index is 12.4. The third kappa shape index (κ3) is 3.21. The first-order chi connectivity index (χ1) is 12.2. The van der Waals surface area contributed by atoms with Crippen molar-refractivity contribution in [3.05, 3.63) is 65.3 Å². The van der Waals surface area contributed by atoms with Gasteiger partial charge in [-0.15, -0.1) is 0 Å². The molecule has 0 radical (unpaired) electrons. The lowest BCUT2D eigenvalue weighted by molar-refractivity contribution is 0.102. The first-order valence-electron chi connectivity index (χ1n) is 8.07. The molecule has 0 bridgehead atoms. The zero-order chi connectivity index (χ0) is 17.2. The molecule has 3 aromatic rings. The Hall–Kier alpha value is -3.22. The molecule has 7 heteroatoms. The van der Waals surface area contributed by atoms with Gasteiger partial charge in [-0.2, -0.15) is 0 Å². The molecule has 0 atom stereocenters. The minimum absolute atomic E-state index is 0.296. The lowest BCUT2D eigenvalue weighted by Gasteiger charge is -2.29. The zero-order valence-corrected chi connectivity index (χ0v) is 13.8. The van der Waals surface area contributed by atoms with E-state index in [4.69, 9.17) is 4.52 Å². The van der Waals surface area contributed by atoms with Crippen LogP contribution >= 0.6 is 0 Å². The summed E-state index contributed by atoms with van der Waals surface area (Å²) in [6.45, 7) is 3.40. The van der Waals surface area contributed by atoms with Gasteiger partial charge in [-0.05, 0) is 24.5 Å². The van der Waals surface area contributed by atoms with E-state index < -0.39 is 0 Å². The maximum Gasteiger partial charge on any atom is 0.275 e. The van der Waals surface area contributed by atoms with Crippen molar-refractivity contribution in [3.8, 4) is 0 Å². The predicted molar refractivity (Wildman–Crippen MR) is 92.4 cm³/mol. The molecule has 2 aromatic heterocycles. The van der Waals surface area contributed by atoms with Crippen LogP contribution in [0.2, 0.25) is 0 Å². The Balaban J connectivity index is 1.53. The van der Waals surface area contributed by atoms with E-state index in [9.17, 15) is 4.79 Å². The summed E-state index contributed by atoms with van der Waals surface area (Å²) in [5.74, 6) is 1.40. The Kier molecular flexibility index (Phi) is 3.89. The Labute approximate surface area is 144 Å². The summed E-state index contributed by atoms with van der Waals surface area (Å²) in [7, 11) is 0. The molecule has 1 aliphatic heterocycles. The summed E-state index contributed by atoms with van der Waals surface area (Å²) < 4.78 is 4.95. The van der Waals surface area contributed by atoms with Crippen LogP contribution in [0.3, 0.4) is 0 Å². The number of hydrogen-bond acceptors (Lipinski definition) is 6. The Morgan fingerprint density at radius 1 is 1.20 bits per heavy atom. The van der Waals surface area contributed by atoms with Crippen molar-refractivity contribution >= 4 is 17.5 Å². The molecule has 1 N–H and O–H groups in total. The average molecular weight is 335 g/mol. The monoisotopic (exact) mass is 335 g/mol. The Bertz CT molecular complexity index is 921. The van der Waals surface area contributed by atoms with E-state index >= 15 is 0 Å². The van der Waals surface area contributed by atoms with Crippen molar-refractivity contribution in [1.29, 1.82) is 0 Å². The number of nitrogens with zero attached hydrogens (tertiary/aromatic N) is 4. The highest BCUT2D eigenvalue weighted by atomic mass is 16.5. The molecule has 0 saturated heterocycles. The van der Waals surface area contributed by atoms with Crippen LogP contribution < -0.4 is 10.2 Å². The van der Waals surface area contributed by atoms with Crippen LogP contribution in [0.25, 0.3) is 0 Å². The fraction of sp³-hybridized carbons (Fsp3) is 0.222. The molecule has 1 aliphatic rings. The van der Waals surface area contributed by atoms with Gasteiger partial charge >= 0.3 is 0 Å². The van der Waals surface area contributed by atoms with Crippen LogP contribution in [-0.4, -0.2) is 27.6 Å². The van der Waals surface area contributed by atoms with Crippen molar-refractivity contribution in [2.45, 2.75) is 19.9 Å². The molecule has 25 heavy (non-hydrogen) atoms. The van der Waals surface area contributed by atoms with Crippen molar-refractivity contribution in [3.63, 3.8) is 0 Å². The van der Waals surface area contributed by atoms with Crippen LogP contribution in [-0.2, 0) is 13.0 Å². The van der Waals surface area contributed by atoms with E-state index in [1.165, 1.54) is 17.5 Å². The van der Waals surface area contributed by atoms with E-state index in [1.54, 1.807) is 19.1 Å². The van der Waals surface area contributed by atoms with Gasteiger partial charge in [-0.25, -0.2) is 9.97 Å². The van der Waals surface area contributed by atoms with Gasteiger partial charge in [-0.3, -0.25) is 4.79 Å². The van der Waals surface area contributed by atoms with Crippen molar-refractivity contribution in [2.75, 3.05) is 16.8 Å². The fourth-order valence-corrected chi connectivity index (χ4v) is 2.94. The van der Waals surface area contributed by atoms with E-state index in [1.807, 2.05) is 6.07 Å². The van der Waals surface area contributed by atoms with Crippen molar-refractivity contribution in [2.24, 2.45) is 0 Å². The number of carbonyl (C=O) groups is 1. The summed E-state index contributed by atoms with van der Waals surface area (Å²) in [6, 6.07) is 11.8. The smallest absolute Gasteiger partial charge is 0.275 e. The molecule has 1 amide bonds. The van der Waals surface area contributed by atoms with Crippen LogP contribution in [0, 0.1) is 6.92 Å². The second kappa shape index (κ2) is 6.35. The average Bonchev–Trinajstić information content (AvgIpc) is 3.06. The number of amides is 1. The molecule has 7 nitrogen and oxygen atoms in total. The van der Waals surface area contributed by atoms with Crippen molar-refractivity contribution < 1.29 is 9.32 Å². The number of aromatic nitrogens is 3. The predicted octanol–water partition coefficient (Wildman–Crippen LogP) is 2.59. The number of anilines is 2. The molecule has 0 saturated carbocycles. The highest BCUT2D eigenvalue weighted by Crippen LogP contribution is 2.23. The van der Waals surface area contributed by atoms with Gasteiger partial charge in [0.25, 0.3) is 5.91 Å². The summed E-state index contributed by atoms with van der Waals surface area (Å²) in [4.78, 5) is 22.9. The topological polar surface area (TPSA) is 84.2 Å². The number of hydrogen-bond donors (Lipinski definition) is 1. The quantitative estimate of drug-likeness (QED) is 0.792. The van der Waals surface area contributed by atoms with Gasteiger partial charge in [-0.1, -0.05) is 29.4 Å². The van der Waals surface area contributed by atoms with Crippen molar-refractivity contribution in [1.82, 2.24) is 15.1 Å². The fourth-order valence-electron chi connectivity index (χ4n) is 2.94. The number of nitrogens with one attached hydrogen (secondary N) is 1. The first-order valence-corrected chi connectivity index (χ1v) is 8.07. The van der Waals surface area contributed by atoms with Gasteiger partial charge < -0.3 is 14.7 Å². The number of fused-ring (bicyclic) bond motifs is 1. The molecule has 1 aromatic carbocycles. The van der Waals surface area contributed by atoms with Crippen LogP contribution in [0.15, 0.2) is 47.2 Å². The second-order valence-electron chi connectivity index (χ2n) is 5.98. The van der Waals surface area contributed by atoms with E-state index in [0.29, 0.717) is 17.3 Å². The number of benzene rings is 1. The minimum Gasteiger partial charge on any atom is -0.360 e. The molecule has 3 heterocycles. The van der Waals surface area contributed by atoms with Crippen LogP contribution in [0.5, 0.6) is 0 Å². The van der Waals surface area contributed by atoms with E-state index in [-0.39, 0.29) is 5.91 Å². The Morgan fingerprint density at radius 2 is 2.04 bits per heavy atom. The SMILES string of the molecule is Cc1cc(NC(=O)c2cc(N3CCc4ccccc4C3)ncn2)no1. The summed E-state index contributed by atoms with van der Waals surface area (Å²) in [5.41, 5.74) is 2.95. The third-order valence-electron chi connectivity index (χ3n) is 4.21. The van der Waals surface area contributed by atoms with E-state index in [2.05, 4.69) is 43.5 Å². The molecular formula is C18H17N5O2. The van der Waals surface area contributed by atoms with Gasteiger partial charge in [0.05, 0.1) is 0 Å². The molecule has 4 rings (SSSR count). The lowest BCUT2D eigenvalue weighted by atomic mass is 10.00. The number of aryl methyl sites for hydroxylation is 1. The van der Waals surface area contributed by atoms with Gasteiger partial charge in [0.1, 0.15) is 23.6 Å². The summed E-state index contributed by atoms with van der Waals surface area (Å²) >= 11 is 0. The highest BCUT2D eigenvalue weighted by molar-refractivity contribution is 6.02. The highest BCUT2D eigenvalue weighted by Gasteiger charge is 2.19. The molecule has 0 spiro atoms. The summed E-state index contributed by atoms with van der Waals surface area (Å²) in [5, 5.41) is 6.43. The molecule has 0 aliphatic carbocycles. The van der Waals surface area contributed by atoms with Gasteiger partial charge in [0, 0.05) is 25.2 Å². The van der Waals surface area contributed by atoms with E-state index in [0.717, 1.165) is 25.3 Å². The molecular weight excluding hydrogens is 318 g/mol. The van der Waals surface area contributed by atoms with Gasteiger partial charge in [0.2, 0.25) is 0 Å². The molecule has 0 fully saturated rings. The van der Waals surface area contributed by atoms with Gasteiger partial charge in [0.15, 0.2) is 5.82 Å². The number of carbonyl (C=O) groups excluding carboxylic acids is 1. The standard InChI is InChI=1S/C18H17N5O2/c1-12-8-16(22-25-12)21-18(24)15-9-17(20-11-19-15)23-7-6-13-4-2-3-5-14(13)10-23/h2-5,8-9,11H,6-7,10H2,1H3,(H,21,22,24). The lowest BCUT2D eigenvalue weighted by Crippen LogP contribution is -2.31. The first kappa shape index (κ1) is 15.3. The zero-order valence-electron chi connectivity index (χ0n) is 13.8. The molecule has 126 valence electrons. The minimum atomic E-state index is -0.339. The second-order valence-corrected chi connectivity index (χ2v) is 5.98. The third-order valence-corrected chi connectivity index (χ3v) is 4.21. The Morgan fingerprint density at radius 3 is 2.84 bits per heavy atom. The largest absolute Gasteiger partial charge is 0.360 e.